The number of ketones is 2. The summed E-state index contributed by atoms with van der Waals surface area (Å²) in [7, 11) is 0. The highest BCUT2D eigenvalue weighted by Crippen LogP contribution is 2.14. The van der Waals surface area contributed by atoms with Crippen molar-refractivity contribution in [3.8, 4) is 0 Å². The van der Waals surface area contributed by atoms with Gasteiger partial charge in [-0.25, -0.2) is 0 Å². The Balaban J connectivity index is 2.58. The molecule has 1 fully saturated rings. The van der Waals surface area contributed by atoms with Crippen LogP contribution in [0.15, 0.2) is 5.18 Å². The molecule has 0 aromatic rings. The number of nitrogens with zero attached hydrogens (tertiary/aromatic N) is 1. The van der Waals surface area contributed by atoms with E-state index in [1.54, 1.807) is 0 Å². The van der Waals surface area contributed by atoms with Crippen molar-refractivity contribution in [1.82, 2.24) is 0 Å². The van der Waals surface area contributed by atoms with Crippen molar-refractivity contribution in [2.24, 2.45) is 5.18 Å². The van der Waals surface area contributed by atoms with Gasteiger partial charge in [-0.15, -0.1) is 0 Å². The fraction of sp³-hybridized carbons (Fsp3) is 0.667. The molecule has 0 saturated heterocycles. The van der Waals surface area contributed by atoms with Crippen LogP contribution in [0.3, 0.4) is 0 Å². The summed E-state index contributed by atoms with van der Waals surface area (Å²) < 4.78 is 0. The molecule has 0 heterocycles. The Hall–Kier alpha value is -1.06. The summed E-state index contributed by atoms with van der Waals surface area (Å²) in [6.07, 6.45) is 0.288. The van der Waals surface area contributed by atoms with Gasteiger partial charge in [0, 0.05) is 12.8 Å². The molecule has 0 aliphatic heterocycles. The van der Waals surface area contributed by atoms with E-state index in [4.69, 9.17) is 0 Å². The molecule has 0 amide bonds. The lowest BCUT2D eigenvalue weighted by atomic mass is 9.94. The Labute approximate surface area is 57.6 Å². The number of carbonyl (C=O) groups excluding carboxylic acids is 2. The lowest BCUT2D eigenvalue weighted by molar-refractivity contribution is -0.129. The van der Waals surface area contributed by atoms with Gasteiger partial charge in [0.05, 0.1) is 6.42 Å². The highest BCUT2D eigenvalue weighted by molar-refractivity contribution is 6.02. The van der Waals surface area contributed by atoms with Gasteiger partial charge in [-0.1, -0.05) is 5.18 Å². The first-order valence-electron chi connectivity index (χ1n) is 3.08. The molecule has 1 rings (SSSR count). The first kappa shape index (κ1) is 7.05. The van der Waals surface area contributed by atoms with Crippen LogP contribution in [0.2, 0.25) is 0 Å². The number of hydrogen-bond acceptors (Lipinski definition) is 4. The quantitative estimate of drug-likeness (QED) is 0.393. The van der Waals surface area contributed by atoms with Gasteiger partial charge in [-0.05, 0) is 0 Å². The Morgan fingerprint density at radius 2 is 1.70 bits per heavy atom. The summed E-state index contributed by atoms with van der Waals surface area (Å²) >= 11 is 0. The monoisotopic (exact) mass is 141 g/mol. The first-order valence-corrected chi connectivity index (χ1v) is 3.08. The molecule has 4 nitrogen and oxygen atoms in total. The van der Waals surface area contributed by atoms with Crippen LogP contribution >= 0.6 is 0 Å². The molecular formula is C6H7NO3. The molecule has 1 aliphatic rings. The lowest BCUT2D eigenvalue weighted by Crippen LogP contribution is -2.24. The van der Waals surface area contributed by atoms with Crippen molar-refractivity contribution in [1.29, 1.82) is 0 Å². The zero-order chi connectivity index (χ0) is 7.56. The average Bonchev–Trinajstić information content (AvgIpc) is 1.85. The smallest absolute Gasteiger partial charge is 0.142 e. The van der Waals surface area contributed by atoms with Crippen molar-refractivity contribution in [2.45, 2.75) is 25.3 Å². The summed E-state index contributed by atoms with van der Waals surface area (Å²) in [6.45, 7) is 0. The highest BCUT2D eigenvalue weighted by atomic mass is 16.3. The minimum Gasteiger partial charge on any atom is -0.299 e. The minimum absolute atomic E-state index is 0.00792. The molecule has 10 heavy (non-hydrogen) atoms. The number of carbonyl (C=O) groups is 2. The second kappa shape index (κ2) is 2.68. The van der Waals surface area contributed by atoms with Crippen molar-refractivity contribution in [2.75, 3.05) is 0 Å². The topological polar surface area (TPSA) is 63.6 Å². The van der Waals surface area contributed by atoms with Crippen molar-refractivity contribution < 1.29 is 9.59 Å². The van der Waals surface area contributed by atoms with E-state index in [2.05, 4.69) is 5.18 Å². The Kier molecular flexibility index (Phi) is 1.89. The highest BCUT2D eigenvalue weighted by Gasteiger charge is 2.25. The van der Waals surface area contributed by atoms with E-state index < -0.39 is 6.04 Å². The zero-order valence-corrected chi connectivity index (χ0v) is 5.37. The zero-order valence-electron chi connectivity index (χ0n) is 5.37. The van der Waals surface area contributed by atoms with Crippen LogP contribution in [0.1, 0.15) is 19.3 Å². The maximum atomic E-state index is 10.6. The lowest BCUT2D eigenvalue weighted by Gasteiger charge is -2.11. The fourth-order valence-corrected chi connectivity index (χ4v) is 1.04. The molecular weight excluding hydrogens is 134 g/mol. The molecule has 0 unspecified atom stereocenters. The third kappa shape index (κ3) is 1.46. The standard InChI is InChI=1S/C6H7NO3/c8-5-1-4(7-10)2-6(9)3-5/h4H,1-3H2. The first-order chi connectivity index (χ1) is 4.72. The van der Waals surface area contributed by atoms with E-state index in [1.165, 1.54) is 0 Å². The number of Topliss-reactive ketones (excluding diaryl/α,β-unsaturated/α-hetero) is 2. The van der Waals surface area contributed by atoms with Gasteiger partial charge in [0.15, 0.2) is 0 Å². The SMILES string of the molecule is O=NC1CC(=O)CC(=O)C1. The molecule has 0 spiro atoms. The summed E-state index contributed by atoms with van der Waals surface area (Å²) in [5.74, 6) is -0.332. The van der Waals surface area contributed by atoms with Crippen molar-refractivity contribution >= 4 is 11.6 Å². The average molecular weight is 141 g/mol. The molecule has 0 aromatic carbocycles. The van der Waals surface area contributed by atoms with Crippen LogP contribution in [-0.2, 0) is 9.59 Å². The molecule has 0 atom stereocenters. The third-order valence-electron chi connectivity index (χ3n) is 1.47. The number of rotatable bonds is 1. The van der Waals surface area contributed by atoms with Crippen LogP contribution in [0.25, 0.3) is 0 Å². The normalized spacial score (nSPS) is 21.2. The van der Waals surface area contributed by atoms with Crippen molar-refractivity contribution in [3.63, 3.8) is 0 Å². The van der Waals surface area contributed by atoms with Gasteiger partial charge in [0.25, 0.3) is 0 Å². The summed E-state index contributed by atoms with van der Waals surface area (Å²) in [5, 5.41) is 2.66. The van der Waals surface area contributed by atoms with E-state index >= 15 is 0 Å². The molecule has 0 bridgehead atoms. The van der Waals surface area contributed by atoms with Gasteiger partial charge in [-0.2, -0.15) is 4.91 Å². The van der Waals surface area contributed by atoms with E-state index in [0.29, 0.717) is 0 Å². The van der Waals surface area contributed by atoms with Gasteiger partial charge >= 0.3 is 0 Å². The summed E-state index contributed by atoms with van der Waals surface area (Å²) in [4.78, 5) is 31.1. The van der Waals surface area contributed by atoms with Crippen molar-refractivity contribution in [3.05, 3.63) is 4.91 Å². The van der Waals surface area contributed by atoms with Crippen LogP contribution in [0.4, 0.5) is 0 Å². The van der Waals surface area contributed by atoms with Crippen LogP contribution < -0.4 is 0 Å². The Bertz CT molecular complexity index is 171. The largest absolute Gasteiger partial charge is 0.299 e. The number of hydrogen-bond donors (Lipinski definition) is 0. The van der Waals surface area contributed by atoms with E-state index in [1.807, 2.05) is 0 Å². The molecule has 1 aliphatic carbocycles. The second-order valence-corrected chi connectivity index (χ2v) is 2.42. The molecule has 1 saturated carbocycles. The van der Waals surface area contributed by atoms with E-state index in [-0.39, 0.29) is 30.8 Å². The van der Waals surface area contributed by atoms with Gasteiger partial charge < -0.3 is 0 Å². The van der Waals surface area contributed by atoms with Gasteiger partial charge in [0.1, 0.15) is 17.6 Å². The Morgan fingerprint density at radius 3 is 2.10 bits per heavy atom. The predicted molar refractivity (Wildman–Crippen MR) is 33.4 cm³/mol. The van der Waals surface area contributed by atoms with Crippen LogP contribution in [0.5, 0.6) is 0 Å². The molecule has 4 heteroatoms. The second-order valence-electron chi connectivity index (χ2n) is 2.42. The maximum Gasteiger partial charge on any atom is 0.142 e. The predicted octanol–water partition coefficient (Wildman–Crippen LogP) is 0.444. The molecule has 54 valence electrons. The molecule has 0 radical (unpaired) electrons. The molecule has 0 N–H and O–H groups in total. The van der Waals surface area contributed by atoms with E-state index in [9.17, 15) is 14.5 Å². The summed E-state index contributed by atoms with van der Waals surface area (Å²) in [6, 6.07) is -0.589. The van der Waals surface area contributed by atoms with Crippen LogP contribution in [-0.4, -0.2) is 17.6 Å². The maximum absolute atomic E-state index is 10.6. The summed E-state index contributed by atoms with van der Waals surface area (Å²) in [5.41, 5.74) is 0. The third-order valence-corrected chi connectivity index (χ3v) is 1.47. The van der Waals surface area contributed by atoms with Gasteiger partial charge in [0.2, 0.25) is 0 Å². The van der Waals surface area contributed by atoms with Gasteiger partial charge in [-0.3, -0.25) is 9.59 Å². The fourth-order valence-electron chi connectivity index (χ4n) is 1.04. The van der Waals surface area contributed by atoms with E-state index in [0.717, 1.165) is 0 Å². The Morgan fingerprint density at radius 1 is 1.20 bits per heavy atom. The van der Waals surface area contributed by atoms with Crippen LogP contribution in [0, 0.1) is 4.91 Å². The number of nitroso groups, excluding NO2 is 1. The minimum atomic E-state index is -0.589. The molecule has 0 aromatic heterocycles.